The molecule has 0 heterocycles. The summed E-state index contributed by atoms with van der Waals surface area (Å²) >= 11 is 0. The number of ether oxygens (including phenoxy) is 1. The van der Waals surface area contributed by atoms with Crippen LogP contribution in [0.1, 0.15) is 24.0 Å². The van der Waals surface area contributed by atoms with Gasteiger partial charge in [-0.2, -0.15) is 0 Å². The standard InChI is InChI=1S/C15H24N2O2/c1-12-7-5-8-13(11-16-2)15(12)19-10-6-9-14(18)17(3)4/h5,7-8,16H,6,9-11H2,1-4H3. The van der Waals surface area contributed by atoms with E-state index in [4.69, 9.17) is 4.74 Å². The molecular weight excluding hydrogens is 240 g/mol. The molecule has 0 unspecified atom stereocenters. The minimum absolute atomic E-state index is 0.142. The van der Waals surface area contributed by atoms with Gasteiger partial charge in [0.15, 0.2) is 0 Å². The summed E-state index contributed by atoms with van der Waals surface area (Å²) in [4.78, 5) is 13.1. The molecule has 1 N–H and O–H groups in total. The Bertz CT molecular complexity index is 417. The number of hydrogen-bond acceptors (Lipinski definition) is 3. The Morgan fingerprint density at radius 3 is 2.74 bits per heavy atom. The van der Waals surface area contributed by atoms with Crippen LogP contribution < -0.4 is 10.1 Å². The molecule has 4 heteroatoms. The van der Waals surface area contributed by atoms with Crippen molar-refractivity contribution in [2.75, 3.05) is 27.7 Å². The zero-order valence-electron chi connectivity index (χ0n) is 12.3. The summed E-state index contributed by atoms with van der Waals surface area (Å²) in [5.74, 6) is 1.08. The average molecular weight is 264 g/mol. The molecule has 0 saturated carbocycles. The fourth-order valence-corrected chi connectivity index (χ4v) is 1.87. The molecule has 19 heavy (non-hydrogen) atoms. The lowest BCUT2D eigenvalue weighted by Crippen LogP contribution is -2.21. The molecule has 0 aliphatic heterocycles. The Labute approximate surface area is 115 Å². The highest BCUT2D eigenvalue weighted by Crippen LogP contribution is 2.23. The molecule has 0 atom stereocenters. The Morgan fingerprint density at radius 1 is 1.37 bits per heavy atom. The van der Waals surface area contributed by atoms with Crippen LogP contribution in [0.2, 0.25) is 0 Å². The van der Waals surface area contributed by atoms with Gasteiger partial charge in [-0.25, -0.2) is 0 Å². The van der Waals surface area contributed by atoms with Crippen molar-refractivity contribution in [3.63, 3.8) is 0 Å². The summed E-state index contributed by atoms with van der Waals surface area (Å²) in [7, 11) is 5.47. The van der Waals surface area contributed by atoms with Crippen molar-refractivity contribution in [2.24, 2.45) is 0 Å². The summed E-state index contributed by atoms with van der Waals surface area (Å²) in [6, 6.07) is 6.13. The van der Waals surface area contributed by atoms with Crippen molar-refractivity contribution >= 4 is 5.91 Å². The molecule has 0 bridgehead atoms. The van der Waals surface area contributed by atoms with Crippen molar-refractivity contribution in [1.29, 1.82) is 0 Å². The van der Waals surface area contributed by atoms with Crippen molar-refractivity contribution in [2.45, 2.75) is 26.3 Å². The van der Waals surface area contributed by atoms with Crippen LogP contribution in [0.25, 0.3) is 0 Å². The molecule has 0 saturated heterocycles. The van der Waals surface area contributed by atoms with E-state index in [-0.39, 0.29) is 5.91 Å². The average Bonchev–Trinajstić information content (AvgIpc) is 2.37. The van der Waals surface area contributed by atoms with Gasteiger partial charge in [-0.15, -0.1) is 0 Å². The first-order chi connectivity index (χ1) is 9.06. The highest BCUT2D eigenvalue weighted by atomic mass is 16.5. The largest absolute Gasteiger partial charge is 0.493 e. The third kappa shape index (κ3) is 4.91. The predicted molar refractivity (Wildman–Crippen MR) is 77.4 cm³/mol. The van der Waals surface area contributed by atoms with E-state index in [2.05, 4.69) is 11.4 Å². The van der Waals surface area contributed by atoms with Gasteiger partial charge < -0.3 is 15.0 Å². The van der Waals surface area contributed by atoms with Crippen LogP contribution in [-0.2, 0) is 11.3 Å². The van der Waals surface area contributed by atoms with Gasteiger partial charge in [0.1, 0.15) is 5.75 Å². The number of carbonyl (C=O) groups is 1. The predicted octanol–water partition coefficient (Wildman–Crippen LogP) is 1.96. The molecule has 0 fully saturated rings. The lowest BCUT2D eigenvalue weighted by atomic mass is 10.1. The highest BCUT2D eigenvalue weighted by molar-refractivity contribution is 5.75. The molecule has 0 spiro atoms. The van der Waals surface area contributed by atoms with Crippen LogP contribution in [-0.4, -0.2) is 38.6 Å². The third-order valence-corrected chi connectivity index (χ3v) is 2.94. The second-order valence-corrected chi connectivity index (χ2v) is 4.83. The summed E-state index contributed by atoms with van der Waals surface area (Å²) in [5.41, 5.74) is 2.29. The topological polar surface area (TPSA) is 41.6 Å². The molecule has 0 radical (unpaired) electrons. The van der Waals surface area contributed by atoms with Crippen molar-refractivity contribution in [3.05, 3.63) is 29.3 Å². The first-order valence-electron chi connectivity index (χ1n) is 6.62. The van der Waals surface area contributed by atoms with Crippen LogP contribution >= 0.6 is 0 Å². The maximum Gasteiger partial charge on any atom is 0.222 e. The van der Waals surface area contributed by atoms with Gasteiger partial charge in [0.2, 0.25) is 5.91 Å². The number of aryl methyl sites for hydroxylation is 1. The maximum absolute atomic E-state index is 11.5. The second kappa shape index (κ2) is 7.79. The van der Waals surface area contributed by atoms with E-state index in [0.29, 0.717) is 13.0 Å². The van der Waals surface area contributed by atoms with Gasteiger partial charge in [0.25, 0.3) is 0 Å². The normalized spacial score (nSPS) is 10.3. The Hall–Kier alpha value is -1.55. The molecular formula is C15H24N2O2. The van der Waals surface area contributed by atoms with E-state index in [1.54, 1.807) is 19.0 Å². The van der Waals surface area contributed by atoms with Gasteiger partial charge >= 0.3 is 0 Å². The third-order valence-electron chi connectivity index (χ3n) is 2.94. The summed E-state index contributed by atoms with van der Waals surface area (Å²) in [6.07, 6.45) is 1.27. The van der Waals surface area contributed by atoms with E-state index >= 15 is 0 Å². The lowest BCUT2D eigenvalue weighted by Gasteiger charge is -2.14. The van der Waals surface area contributed by atoms with Crippen molar-refractivity contribution < 1.29 is 9.53 Å². The highest BCUT2D eigenvalue weighted by Gasteiger charge is 2.07. The van der Waals surface area contributed by atoms with Crippen LogP contribution in [0, 0.1) is 6.92 Å². The fourth-order valence-electron chi connectivity index (χ4n) is 1.87. The van der Waals surface area contributed by atoms with E-state index < -0.39 is 0 Å². The van der Waals surface area contributed by atoms with Crippen molar-refractivity contribution in [1.82, 2.24) is 10.2 Å². The van der Waals surface area contributed by atoms with Crippen LogP contribution in [0.5, 0.6) is 5.75 Å². The number of nitrogens with zero attached hydrogens (tertiary/aromatic N) is 1. The van der Waals surface area contributed by atoms with Crippen molar-refractivity contribution in [3.8, 4) is 5.75 Å². The monoisotopic (exact) mass is 264 g/mol. The van der Waals surface area contributed by atoms with E-state index in [1.807, 2.05) is 26.1 Å². The minimum atomic E-state index is 0.142. The van der Waals surface area contributed by atoms with Gasteiger partial charge in [-0.05, 0) is 26.0 Å². The molecule has 0 aliphatic rings. The van der Waals surface area contributed by atoms with Gasteiger partial charge in [0, 0.05) is 32.6 Å². The van der Waals surface area contributed by atoms with Gasteiger partial charge in [-0.3, -0.25) is 4.79 Å². The molecule has 0 aromatic heterocycles. The molecule has 1 amide bonds. The number of amides is 1. The zero-order valence-corrected chi connectivity index (χ0v) is 12.3. The fraction of sp³-hybridized carbons (Fsp3) is 0.533. The van der Waals surface area contributed by atoms with E-state index in [9.17, 15) is 4.79 Å². The molecule has 1 rings (SSSR count). The molecule has 4 nitrogen and oxygen atoms in total. The molecule has 0 aliphatic carbocycles. The number of benzene rings is 1. The Balaban J connectivity index is 2.51. The van der Waals surface area contributed by atoms with Crippen LogP contribution in [0.4, 0.5) is 0 Å². The first-order valence-corrected chi connectivity index (χ1v) is 6.62. The Morgan fingerprint density at radius 2 is 2.11 bits per heavy atom. The molecule has 1 aromatic carbocycles. The summed E-state index contributed by atoms with van der Waals surface area (Å²) < 4.78 is 5.84. The number of rotatable bonds is 7. The lowest BCUT2D eigenvalue weighted by molar-refractivity contribution is -0.128. The SMILES string of the molecule is CNCc1cccc(C)c1OCCCC(=O)N(C)C. The van der Waals surface area contributed by atoms with Crippen LogP contribution in [0.15, 0.2) is 18.2 Å². The number of hydrogen-bond donors (Lipinski definition) is 1. The number of nitrogens with one attached hydrogen (secondary N) is 1. The summed E-state index contributed by atoms with van der Waals surface area (Å²) in [6.45, 7) is 3.40. The smallest absolute Gasteiger partial charge is 0.222 e. The minimum Gasteiger partial charge on any atom is -0.493 e. The molecule has 106 valence electrons. The van der Waals surface area contributed by atoms with E-state index in [0.717, 1.165) is 29.8 Å². The zero-order chi connectivity index (χ0) is 14.3. The van der Waals surface area contributed by atoms with E-state index in [1.165, 1.54) is 0 Å². The van der Waals surface area contributed by atoms with Gasteiger partial charge in [0.05, 0.1) is 6.61 Å². The quantitative estimate of drug-likeness (QED) is 0.765. The summed E-state index contributed by atoms with van der Waals surface area (Å²) in [5, 5.41) is 3.13. The van der Waals surface area contributed by atoms with Gasteiger partial charge in [-0.1, -0.05) is 18.2 Å². The first kappa shape index (κ1) is 15.5. The molecule has 1 aromatic rings. The number of carbonyl (C=O) groups excluding carboxylic acids is 1. The Kier molecular flexibility index (Phi) is 6.36. The maximum atomic E-state index is 11.5. The van der Waals surface area contributed by atoms with Crippen LogP contribution in [0.3, 0.4) is 0 Å². The second-order valence-electron chi connectivity index (χ2n) is 4.83. The number of para-hydroxylation sites is 1.